The van der Waals surface area contributed by atoms with Crippen molar-refractivity contribution in [1.29, 1.82) is 0 Å². The van der Waals surface area contributed by atoms with E-state index in [4.69, 9.17) is 11.6 Å². The maximum absolute atomic E-state index is 12.6. The van der Waals surface area contributed by atoms with Gasteiger partial charge in [0.15, 0.2) is 5.78 Å². The van der Waals surface area contributed by atoms with Gasteiger partial charge in [0.05, 0.1) is 4.90 Å². The number of Topliss-reactive ketones (excluding diaryl/α,β-unsaturated/α-hetero) is 1. The van der Waals surface area contributed by atoms with Crippen molar-refractivity contribution in [2.75, 3.05) is 5.32 Å². The molecule has 0 bridgehead atoms. The fraction of sp³-hybridized carbons (Fsp3) is 0.333. The van der Waals surface area contributed by atoms with Gasteiger partial charge in [-0.1, -0.05) is 51.4 Å². The van der Waals surface area contributed by atoms with E-state index < -0.39 is 16.1 Å². The highest BCUT2D eigenvalue weighted by Crippen LogP contribution is 2.35. The highest BCUT2D eigenvalue weighted by molar-refractivity contribution is 7.90. The molecule has 0 aliphatic rings. The smallest absolute Gasteiger partial charge is 0.307 e. The molecule has 6 nitrogen and oxygen atoms in total. The van der Waals surface area contributed by atoms with Crippen molar-refractivity contribution in [1.82, 2.24) is 4.72 Å². The monoisotopic (exact) mass is 436 g/mol. The molecule has 2 N–H and O–H groups in total. The van der Waals surface area contributed by atoms with Crippen LogP contribution in [0.4, 0.5) is 10.5 Å². The van der Waals surface area contributed by atoms with Gasteiger partial charge in [-0.2, -0.15) is 0 Å². The second kappa shape index (κ2) is 8.97. The number of carbonyl (C=O) groups is 2. The molecule has 2 amide bonds. The lowest BCUT2D eigenvalue weighted by molar-refractivity contribution is 0.101. The average molecular weight is 437 g/mol. The van der Waals surface area contributed by atoms with E-state index in [1.165, 1.54) is 31.2 Å². The van der Waals surface area contributed by atoms with Crippen LogP contribution in [0.3, 0.4) is 0 Å². The van der Waals surface area contributed by atoms with Crippen molar-refractivity contribution in [3.63, 3.8) is 0 Å². The third-order valence-electron chi connectivity index (χ3n) is 4.42. The van der Waals surface area contributed by atoms with Crippen molar-refractivity contribution in [3.8, 4) is 0 Å². The molecule has 0 aliphatic carbocycles. The standard InChI is InChI=1S/C21H25ClN2O4S/c1-12(2)18-10-16(22)11-19(13(3)4)20(18)23-21(26)24-29(27,28)17-8-6-7-15(9-17)14(5)25/h6-13H,1-5H3,(H2,23,24,26). The first-order valence-corrected chi connectivity index (χ1v) is 11.1. The minimum Gasteiger partial charge on any atom is -0.307 e. The fourth-order valence-electron chi connectivity index (χ4n) is 2.91. The van der Waals surface area contributed by atoms with Crippen LogP contribution in [0.25, 0.3) is 0 Å². The van der Waals surface area contributed by atoms with Gasteiger partial charge in [-0.05, 0) is 54.2 Å². The number of hydrogen-bond donors (Lipinski definition) is 2. The van der Waals surface area contributed by atoms with Gasteiger partial charge in [-0.3, -0.25) is 4.79 Å². The number of urea groups is 1. The van der Waals surface area contributed by atoms with Gasteiger partial charge in [0.2, 0.25) is 0 Å². The topological polar surface area (TPSA) is 92.3 Å². The van der Waals surface area contributed by atoms with Crippen molar-refractivity contribution in [2.45, 2.75) is 51.3 Å². The first kappa shape index (κ1) is 22.9. The molecular formula is C21H25ClN2O4S. The first-order chi connectivity index (χ1) is 13.4. The van der Waals surface area contributed by atoms with Crippen LogP contribution in [0.5, 0.6) is 0 Å². The molecule has 0 spiro atoms. The van der Waals surface area contributed by atoms with E-state index in [1.807, 2.05) is 32.4 Å². The average Bonchev–Trinajstić information content (AvgIpc) is 2.62. The summed E-state index contributed by atoms with van der Waals surface area (Å²) >= 11 is 6.22. The molecule has 2 rings (SSSR count). The minimum absolute atomic E-state index is 0.0605. The zero-order chi connectivity index (χ0) is 21.9. The number of sulfonamides is 1. The van der Waals surface area contributed by atoms with Gasteiger partial charge in [0.1, 0.15) is 0 Å². The van der Waals surface area contributed by atoms with Gasteiger partial charge < -0.3 is 5.32 Å². The Morgan fingerprint density at radius 2 is 1.52 bits per heavy atom. The van der Waals surface area contributed by atoms with Gasteiger partial charge in [0, 0.05) is 16.3 Å². The number of halogens is 1. The maximum atomic E-state index is 12.6. The van der Waals surface area contributed by atoms with Gasteiger partial charge in [0.25, 0.3) is 10.0 Å². The Balaban J connectivity index is 2.36. The molecule has 0 heterocycles. The van der Waals surface area contributed by atoms with E-state index >= 15 is 0 Å². The summed E-state index contributed by atoms with van der Waals surface area (Å²) in [5.74, 6) is -0.147. The highest BCUT2D eigenvalue weighted by atomic mass is 35.5. The number of carbonyl (C=O) groups excluding carboxylic acids is 2. The number of rotatable bonds is 6. The molecular weight excluding hydrogens is 412 g/mol. The van der Waals surface area contributed by atoms with Gasteiger partial charge in [-0.15, -0.1) is 0 Å². The Kier molecular flexibility index (Phi) is 7.08. The van der Waals surface area contributed by atoms with Crippen LogP contribution in [0.15, 0.2) is 41.3 Å². The fourth-order valence-corrected chi connectivity index (χ4v) is 4.09. The summed E-state index contributed by atoms with van der Waals surface area (Å²) < 4.78 is 27.2. The van der Waals surface area contributed by atoms with Crippen molar-refractivity contribution in [2.24, 2.45) is 0 Å². The number of amides is 2. The van der Waals surface area contributed by atoms with Crippen molar-refractivity contribution < 1.29 is 18.0 Å². The first-order valence-electron chi connectivity index (χ1n) is 9.20. The molecule has 0 atom stereocenters. The van der Waals surface area contributed by atoms with Crippen LogP contribution in [0.2, 0.25) is 5.02 Å². The number of nitrogens with one attached hydrogen (secondary N) is 2. The number of anilines is 1. The lowest BCUT2D eigenvalue weighted by Gasteiger charge is -2.21. The Labute approximate surface area is 176 Å². The summed E-state index contributed by atoms with van der Waals surface area (Å²) in [6.45, 7) is 9.19. The molecule has 8 heteroatoms. The molecule has 0 aliphatic heterocycles. The predicted molar refractivity (Wildman–Crippen MR) is 115 cm³/mol. The Bertz CT molecular complexity index is 1020. The molecule has 2 aromatic rings. The largest absolute Gasteiger partial charge is 0.333 e. The highest BCUT2D eigenvalue weighted by Gasteiger charge is 2.22. The summed E-state index contributed by atoms with van der Waals surface area (Å²) in [5, 5.41) is 3.23. The maximum Gasteiger partial charge on any atom is 0.333 e. The molecule has 0 saturated carbocycles. The molecule has 2 aromatic carbocycles. The Hall–Kier alpha value is -2.38. The van der Waals surface area contributed by atoms with E-state index in [2.05, 4.69) is 5.32 Å². The molecule has 0 aromatic heterocycles. The summed E-state index contributed by atoms with van der Waals surface area (Å²) in [7, 11) is -4.15. The lowest BCUT2D eigenvalue weighted by Crippen LogP contribution is -2.35. The summed E-state index contributed by atoms with van der Waals surface area (Å²) in [4.78, 5) is 23.9. The van der Waals surface area contributed by atoms with Crippen LogP contribution in [0, 0.1) is 0 Å². The third-order valence-corrected chi connectivity index (χ3v) is 5.97. The number of benzene rings is 2. The lowest BCUT2D eigenvalue weighted by atomic mass is 9.92. The summed E-state index contributed by atoms with van der Waals surface area (Å²) in [6.07, 6.45) is 0. The van der Waals surface area contributed by atoms with E-state index in [-0.39, 0.29) is 28.1 Å². The summed E-state index contributed by atoms with van der Waals surface area (Å²) in [6, 6.07) is 8.17. The zero-order valence-electron chi connectivity index (χ0n) is 17.0. The normalized spacial score (nSPS) is 11.6. The Morgan fingerprint density at radius 3 is 2.00 bits per heavy atom. The van der Waals surface area contributed by atoms with Crippen LogP contribution in [0.1, 0.15) is 67.9 Å². The second-order valence-corrected chi connectivity index (χ2v) is 9.53. The number of ketones is 1. The van der Waals surface area contributed by atoms with E-state index in [9.17, 15) is 18.0 Å². The van der Waals surface area contributed by atoms with Crippen molar-refractivity contribution in [3.05, 3.63) is 58.1 Å². The van der Waals surface area contributed by atoms with Crippen LogP contribution in [-0.4, -0.2) is 20.2 Å². The molecule has 0 radical (unpaired) electrons. The van der Waals surface area contributed by atoms with Gasteiger partial charge in [-0.25, -0.2) is 17.9 Å². The second-order valence-electron chi connectivity index (χ2n) is 7.41. The molecule has 0 unspecified atom stereocenters. The SMILES string of the molecule is CC(=O)c1cccc(S(=O)(=O)NC(=O)Nc2c(C(C)C)cc(Cl)cc2C(C)C)c1. The molecule has 0 saturated heterocycles. The third kappa shape index (κ3) is 5.58. The molecule has 156 valence electrons. The quantitative estimate of drug-likeness (QED) is 0.601. The van der Waals surface area contributed by atoms with Crippen LogP contribution >= 0.6 is 11.6 Å². The molecule has 29 heavy (non-hydrogen) atoms. The Morgan fingerprint density at radius 1 is 0.966 bits per heavy atom. The van der Waals surface area contributed by atoms with Crippen LogP contribution in [-0.2, 0) is 10.0 Å². The predicted octanol–water partition coefficient (Wildman–Crippen LogP) is 5.30. The van der Waals surface area contributed by atoms with Crippen molar-refractivity contribution >= 4 is 39.1 Å². The van der Waals surface area contributed by atoms with Gasteiger partial charge >= 0.3 is 6.03 Å². The van der Waals surface area contributed by atoms with E-state index in [0.717, 1.165) is 11.1 Å². The van der Waals surface area contributed by atoms with Crippen LogP contribution < -0.4 is 10.0 Å². The summed E-state index contributed by atoms with van der Waals surface area (Å²) in [5.41, 5.74) is 2.42. The zero-order valence-corrected chi connectivity index (χ0v) is 18.6. The van der Waals surface area contributed by atoms with E-state index in [0.29, 0.717) is 10.7 Å². The minimum atomic E-state index is -4.15. The number of hydrogen-bond acceptors (Lipinski definition) is 4. The molecule has 0 fully saturated rings. The van der Waals surface area contributed by atoms with E-state index in [1.54, 1.807) is 12.1 Å².